The van der Waals surface area contributed by atoms with E-state index in [0.717, 1.165) is 47.9 Å². The van der Waals surface area contributed by atoms with E-state index in [1.54, 1.807) is 34.1 Å². The Morgan fingerprint density at radius 1 is 0.324 bits per heavy atom. The number of nitrogens with zero attached hydrogens (tertiary/aromatic N) is 2. The first kappa shape index (κ1) is 43.5. The first-order chi connectivity index (χ1) is 33.2. The third kappa shape index (κ3) is 9.16. The SMILES string of the molecule is O=C(N[C@H]1C[C@@H]1c1ccccc1)[C@H]1CN(C(=O)c2ccc(C(=O)N3C[C@H](C(=O)N[C@H]4C[C@@H]4c4ccccc4)[C@@H](C(=O)N[C@H]4C[C@@H]4c4ccccc4)C3)cc2)C[C@@H]1C(=O)N[C@H]1C[C@@H]1c1ccccc1. The van der Waals surface area contributed by atoms with Crippen LogP contribution in [0, 0.1) is 23.7 Å². The third-order valence-electron chi connectivity index (χ3n) is 15.3. The molecule has 5 aromatic carbocycles. The van der Waals surface area contributed by atoms with Gasteiger partial charge in [0.05, 0.1) is 23.7 Å². The van der Waals surface area contributed by atoms with Gasteiger partial charge in [0.2, 0.25) is 23.6 Å². The molecular weight excluding hydrogens is 853 g/mol. The fraction of sp³-hybridized carbons (Fsp3) is 0.357. The van der Waals surface area contributed by atoms with Gasteiger partial charge in [0, 0.05) is 85.1 Å². The zero-order valence-electron chi connectivity index (χ0n) is 37.8. The number of rotatable bonds is 14. The lowest BCUT2D eigenvalue weighted by Gasteiger charge is -2.18. The van der Waals surface area contributed by atoms with Crippen LogP contribution in [-0.4, -0.2) is 95.6 Å². The van der Waals surface area contributed by atoms with Crippen LogP contribution < -0.4 is 21.3 Å². The Balaban J connectivity index is 0.756. The smallest absolute Gasteiger partial charge is 0.253 e. The molecule has 6 aliphatic rings. The molecule has 11 rings (SSSR count). The molecule has 4 saturated carbocycles. The van der Waals surface area contributed by atoms with Gasteiger partial charge in [0.25, 0.3) is 11.8 Å². The van der Waals surface area contributed by atoms with Crippen LogP contribution in [0.2, 0.25) is 0 Å². The summed E-state index contributed by atoms with van der Waals surface area (Å²) in [6.07, 6.45) is 3.27. The summed E-state index contributed by atoms with van der Waals surface area (Å²) >= 11 is 0. The van der Waals surface area contributed by atoms with Crippen LogP contribution in [0.5, 0.6) is 0 Å². The first-order valence-corrected chi connectivity index (χ1v) is 24.3. The molecule has 0 radical (unpaired) electrons. The van der Waals surface area contributed by atoms with E-state index in [1.165, 1.54) is 0 Å². The molecule has 0 bridgehead atoms. The van der Waals surface area contributed by atoms with Crippen molar-refractivity contribution >= 4 is 35.4 Å². The number of hydrogen-bond donors (Lipinski definition) is 4. The molecule has 4 N–H and O–H groups in total. The lowest BCUT2D eigenvalue weighted by molar-refractivity contribution is -0.133. The standard InChI is InChI=1S/C56H56N6O6/c63-51(57-47-25-39(47)33-13-5-1-6-14-33)43-29-61(30-44(43)52(64)58-48-26-40(48)34-15-7-2-8-16-34)55(67)37-21-23-38(24-22-37)56(68)62-31-45(53(65)59-49-27-41(49)35-17-9-3-10-18-35)46(32-62)54(66)60-50-28-42(50)36-19-11-4-12-20-36/h1-24,39-50H,25-32H2,(H,57,63)(H,58,64)(H,59,65)(H,60,66)/t39-,40-,41-,42-,43+,44+,45+,46+,47+,48+,49+,50+/m1/s1. The van der Waals surface area contributed by atoms with Crippen molar-refractivity contribution < 1.29 is 28.8 Å². The number of hydrogen-bond acceptors (Lipinski definition) is 6. The Bertz CT molecular complexity index is 2370. The van der Waals surface area contributed by atoms with E-state index in [9.17, 15) is 28.8 Å². The van der Waals surface area contributed by atoms with Crippen molar-refractivity contribution in [3.8, 4) is 0 Å². The van der Waals surface area contributed by atoms with E-state index >= 15 is 0 Å². The molecular formula is C56H56N6O6. The molecule has 2 heterocycles. The van der Waals surface area contributed by atoms with Crippen LogP contribution in [0.15, 0.2) is 146 Å². The van der Waals surface area contributed by atoms with Gasteiger partial charge in [-0.3, -0.25) is 28.8 Å². The monoisotopic (exact) mass is 908 g/mol. The van der Waals surface area contributed by atoms with Crippen molar-refractivity contribution in [3.05, 3.63) is 179 Å². The maximum atomic E-state index is 14.2. The minimum atomic E-state index is -0.732. The average Bonchev–Trinajstić information content (AvgIpc) is 4.31. The Morgan fingerprint density at radius 3 is 0.765 bits per heavy atom. The second kappa shape index (κ2) is 18.2. The number of nitrogens with one attached hydrogen (secondary N) is 4. The summed E-state index contributed by atoms with van der Waals surface area (Å²) < 4.78 is 0. The minimum Gasteiger partial charge on any atom is -0.352 e. The summed E-state index contributed by atoms with van der Waals surface area (Å²) in [5.41, 5.74) is 5.30. The normalized spacial score (nSPS) is 29.6. The fourth-order valence-electron chi connectivity index (χ4n) is 11.0. The molecule has 12 nitrogen and oxygen atoms in total. The highest BCUT2D eigenvalue weighted by molar-refractivity contribution is 6.00. The molecule has 4 aliphatic carbocycles. The lowest BCUT2D eigenvalue weighted by atomic mass is 9.94. The molecule has 6 fully saturated rings. The molecule has 2 aliphatic heterocycles. The molecule has 5 aromatic rings. The van der Waals surface area contributed by atoms with E-state index in [-0.39, 0.29) is 109 Å². The summed E-state index contributed by atoms with van der Waals surface area (Å²) in [7, 11) is 0. The number of benzene rings is 5. The van der Waals surface area contributed by atoms with Crippen LogP contribution in [0.25, 0.3) is 0 Å². The van der Waals surface area contributed by atoms with E-state index in [4.69, 9.17) is 0 Å². The van der Waals surface area contributed by atoms with Crippen molar-refractivity contribution in [3.63, 3.8) is 0 Å². The topological polar surface area (TPSA) is 157 Å². The summed E-state index contributed by atoms with van der Waals surface area (Å²) in [6, 6.07) is 46.5. The van der Waals surface area contributed by atoms with Crippen molar-refractivity contribution in [2.45, 2.75) is 73.5 Å². The van der Waals surface area contributed by atoms with Gasteiger partial charge in [-0.25, -0.2) is 0 Å². The van der Waals surface area contributed by atoms with Gasteiger partial charge >= 0.3 is 0 Å². The fourth-order valence-corrected chi connectivity index (χ4v) is 11.0. The van der Waals surface area contributed by atoms with Crippen LogP contribution >= 0.6 is 0 Å². The molecule has 6 amide bonds. The summed E-state index contributed by atoms with van der Waals surface area (Å²) in [5.74, 6) is -3.68. The van der Waals surface area contributed by atoms with Gasteiger partial charge in [-0.15, -0.1) is 0 Å². The van der Waals surface area contributed by atoms with Gasteiger partial charge < -0.3 is 31.1 Å². The second-order valence-electron chi connectivity index (χ2n) is 19.9. The van der Waals surface area contributed by atoms with Gasteiger partial charge in [-0.05, 0) is 72.2 Å². The molecule has 12 atom stereocenters. The quantitative estimate of drug-likeness (QED) is 0.111. The molecule has 0 spiro atoms. The molecule has 346 valence electrons. The highest BCUT2D eigenvalue weighted by Crippen LogP contribution is 2.44. The van der Waals surface area contributed by atoms with E-state index < -0.39 is 23.7 Å². The van der Waals surface area contributed by atoms with Gasteiger partial charge in [-0.1, -0.05) is 121 Å². The minimum absolute atomic E-state index is 0.0327. The molecule has 2 saturated heterocycles. The number of carbonyl (C=O) groups excluding carboxylic acids is 6. The number of likely N-dealkylation sites (tertiary alicyclic amines) is 2. The van der Waals surface area contributed by atoms with E-state index in [2.05, 4.69) is 69.8 Å². The molecule has 0 aromatic heterocycles. The number of amides is 6. The van der Waals surface area contributed by atoms with Crippen LogP contribution in [-0.2, 0) is 19.2 Å². The third-order valence-corrected chi connectivity index (χ3v) is 15.3. The van der Waals surface area contributed by atoms with Gasteiger partial charge in [0.1, 0.15) is 0 Å². The molecule has 0 unspecified atom stereocenters. The highest BCUT2D eigenvalue weighted by Gasteiger charge is 2.51. The largest absolute Gasteiger partial charge is 0.352 e. The average molecular weight is 909 g/mol. The van der Waals surface area contributed by atoms with E-state index in [0.29, 0.717) is 11.1 Å². The highest BCUT2D eigenvalue weighted by atomic mass is 16.2. The van der Waals surface area contributed by atoms with Crippen molar-refractivity contribution in [2.24, 2.45) is 23.7 Å². The van der Waals surface area contributed by atoms with Crippen LogP contribution in [0.3, 0.4) is 0 Å². The molecule has 12 heteroatoms. The van der Waals surface area contributed by atoms with Gasteiger partial charge in [-0.2, -0.15) is 0 Å². The maximum Gasteiger partial charge on any atom is 0.253 e. The lowest BCUT2D eigenvalue weighted by Crippen LogP contribution is -2.43. The predicted octanol–water partition coefficient (Wildman–Crippen LogP) is 5.75. The second-order valence-corrected chi connectivity index (χ2v) is 19.9. The summed E-state index contributed by atoms with van der Waals surface area (Å²) in [5, 5.41) is 12.8. The summed E-state index contributed by atoms with van der Waals surface area (Å²) in [6.45, 7) is 0.331. The first-order valence-electron chi connectivity index (χ1n) is 24.3. The van der Waals surface area contributed by atoms with Crippen molar-refractivity contribution in [1.29, 1.82) is 0 Å². The number of carbonyl (C=O) groups is 6. The van der Waals surface area contributed by atoms with Crippen LogP contribution in [0.4, 0.5) is 0 Å². The summed E-state index contributed by atoms with van der Waals surface area (Å²) in [4.78, 5) is 87.5. The predicted molar refractivity (Wildman–Crippen MR) is 255 cm³/mol. The molecule has 68 heavy (non-hydrogen) atoms. The zero-order valence-corrected chi connectivity index (χ0v) is 37.8. The zero-order chi connectivity index (χ0) is 46.5. The van der Waals surface area contributed by atoms with E-state index in [1.807, 2.05) is 72.8 Å². The van der Waals surface area contributed by atoms with Crippen molar-refractivity contribution in [2.75, 3.05) is 26.2 Å². The Kier molecular flexibility index (Phi) is 11.6. The Labute approximate surface area is 396 Å². The Morgan fingerprint density at radius 2 is 0.544 bits per heavy atom. The van der Waals surface area contributed by atoms with Gasteiger partial charge in [0.15, 0.2) is 0 Å². The maximum absolute atomic E-state index is 14.2. The Hall–Kier alpha value is -7.08. The van der Waals surface area contributed by atoms with Crippen LogP contribution in [0.1, 0.15) is 92.3 Å². The van der Waals surface area contributed by atoms with Crippen molar-refractivity contribution in [1.82, 2.24) is 31.1 Å².